The fourth-order valence-corrected chi connectivity index (χ4v) is 3.24. The van der Waals surface area contributed by atoms with E-state index in [2.05, 4.69) is 10.3 Å². The standard InChI is InChI=1S/C22H24N4O3/c1-5-25(16(4)27)21-22(29)26(19-9-7-6-8-17(19)24-21)13-20(28)23-18-12-14(2)10-11-15(18)3/h6-12H,5,13H2,1-4H3,(H,23,28). The Morgan fingerprint density at radius 1 is 1.14 bits per heavy atom. The van der Waals surface area contributed by atoms with Gasteiger partial charge in [0.2, 0.25) is 17.6 Å². The van der Waals surface area contributed by atoms with Gasteiger partial charge in [0.1, 0.15) is 6.54 Å². The minimum absolute atomic E-state index is 0.0261. The zero-order valence-electron chi connectivity index (χ0n) is 17.0. The molecule has 7 heteroatoms. The third-order valence-corrected chi connectivity index (χ3v) is 4.76. The van der Waals surface area contributed by atoms with Crippen LogP contribution in [0.2, 0.25) is 0 Å². The van der Waals surface area contributed by atoms with Crippen LogP contribution in [-0.2, 0) is 16.1 Å². The van der Waals surface area contributed by atoms with Crippen molar-refractivity contribution in [3.05, 3.63) is 63.9 Å². The molecule has 1 heterocycles. The molecule has 0 aliphatic carbocycles. The lowest BCUT2D eigenvalue weighted by Gasteiger charge is -2.20. The number of hydrogen-bond donors (Lipinski definition) is 1. The Balaban J connectivity index is 2.04. The third kappa shape index (κ3) is 4.18. The van der Waals surface area contributed by atoms with Crippen molar-refractivity contribution >= 4 is 34.4 Å². The third-order valence-electron chi connectivity index (χ3n) is 4.76. The summed E-state index contributed by atoms with van der Waals surface area (Å²) in [5.74, 6) is -0.578. The Bertz CT molecular complexity index is 1150. The van der Waals surface area contributed by atoms with Gasteiger partial charge in [-0.2, -0.15) is 0 Å². The van der Waals surface area contributed by atoms with Crippen molar-refractivity contribution < 1.29 is 9.59 Å². The highest BCUT2D eigenvalue weighted by atomic mass is 16.2. The van der Waals surface area contributed by atoms with E-state index in [9.17, 15) is 14.4 Å². The highest BCUT2D eigenvalue weighted by molar-refractivity contribution is 5.93. The number of aryl methyl sites for hydroxylation is 2. The normalized spacial score (nSPS) is 10.8. The number of rotatable bonds is 5. The van der Waals surface area contributed by atoms with Crippen molar-refractivity contribution in [2.75, 3.05) is 16.8 Å². The number of nitrogens with zero attached hydrogens (tertiary/aromatic N) is 3. The molecule has 0 saturated heterocycles. The summed E-state index contributed by atoms with van der Waals surface area (Å²) in [6, 6.07) is 12.9. The lowest BCUT2D eigenvalue weighted by atomic mass is 10.1. The van der Waals surface area contributed by atoms with Crippen LogP contribution in [0.5, 0.6) is 0 Å². The number of aromatic nitrogens is 2. The molecule has 0 aliphatic heterocycles. The smallest absolute Gasteiger partial charge is 0.294 e. The van der Waals surface area contributed by atoms with Gasteiger partial charge in [-0.15, -0.1) is 0 Å². The molecule has 0 unspecified atom stereocenters. The zero-order valence-corrected chi connectivity index (χ0v) is 17.0. The number of fused-ring (bicyclic) bond motifs is 1. The maximum atomic E-state index is 13.1. The monoisotopic (exact) mass is 392 g/mol. The largest absolute Gasteiger partial charge is 0.324 e. The van der Waals surface area contributed by atoms with Gasteiger partial charge in [-0.1, -0.05) is 24.3 Å². The van der Waals surface area contributed by atoms with Gasteiger partial charge in [0.15, 0.2) is 0 Å². The molecule has 1 aromatic heterocycles. The summed E-state index contributed by atoms with van der Waals surface area (Å²) in [6.45, 7) is 7.14. The number of amides is 2. The number of hydrogen-bond acceptors (Lipinski definition) is 4. The highest BCUT2D eigenvalue weighted by Crippen LogP contribution is 2.18. The molecule has 0 bridgehead atoms. The summed E-state index contributed by atoms with van der Waals surface area (Å²) < 4.78 is 1.36. The second-order valence-electron chi connectivity index (χ2n) is 6.95. The molecule has 29 heavy (non-hydrogen) atoms. The molecule has 3 aromatic rings. The van der Waals surface area contributed by atoms with Crippen molar-refractivity contribution in [1.29, 1.82) is 0 Å². The molecule has 1 N–H and O–H groups in total. The summed E-state index contributed by atoms with van der Waals surface area (Å²) >= 11 is 0. The number of carbonyl (C=O) groups is 2. The van der Waals surface area contributed by atoms with Gasteiger partial charge in [-0.05, 0) is 50.1 Å². The maximum absolute atomic E-state index is 13.1. The van der Waals surface area contributed by atoms with Crippen molar-refractivity contribution in [1.82, 2.24) is 9.55 Å². The van der Waals surface area contributed by atoms with Crippen molar-refractivity contribution in [3.8, 4) is 0 Å². The van der Waals surface area contributed by atoms with E-state index in [-0.39, 0.29) is 24.2 Å². The van der Waals surface area contributed by atoms with Gasteiger partial charge in [-0.3, -0.25) is 23.9 Å². The summed E-state index contributed by atoms with van der Waals surface area (Å²) in [5.41, 5.74) is 3.28. The average Bonchev–Trinajstić information content (AvgIpc) is 2.68. The van der Waals surface area contributed by atoms with Crippen LogP contribution in [0.4, 0.5) is 11.5 Å². The van der Waals surface area contributed by atoms with Crippen LogP contribution >= 0.6 is 0 Å². The van der Waals surface area contributed by atoms with E-state index in [1.54, 1.807) is 31.2 Å². The molecule has 0 spiro atoms. The molecule has 3 rings (SSSR count). The lowest BCUT2D eigenvalue weighted by molar-refractivity contribution is -0.117. The minimum atomic E-state index is -0.475. The van der Waals surface area contributed by atoms with Gasteiger partial charge in [-0.25, -0.2) is 4.98 Å². The number of carbonyl (C=O) groups excluding carboxylic acids is 2. The van der Waals surface area contributed by atoms with E-state index in [0.717, 1.165) is 11.1 Å². The van der Waals surface area contributed by atoms with Gasteiger partial charge in [0.25, 0.3) is 5.56 Å². The first kappa shape index (κ1) is 20.3. The first-order valence-corrected chi connectivity index (χ1v) is 9.46. The Morgan fingerprint density at radius 3 is 2.55 bits per heavy atom. The topological polar surface area (TPSA) is 84.3 Å². The average molecular weight is 392 g/mol. The van der Waals surface area contributed by atoms with Crippen LogP contribution in [0.1, 0.15) is 25.0 Å². The van der Waals surface area contributed by atoms with E-state index in [4.69, 9.17) is 0 Å². The second-order valence-corrected chi connectivity index (χ2v) is 6.95. The maximum Gasteiger partial charge on any atom is 0.294 e. The molecule has 0 aliphatic rings. The zero-order chi connectivity index (χ0) is 21.1. The molecule has 0 radical (unpaired) electrons. The van der Waals surface area contributed by atoms with Crippen LogP contribution < -0.4 is 15.8 Å². The first-order valence-electron chi connectivity index (χ1n) is 9.46. The van der Waals surface area contributed by atoms with Gasteiger partial charge in [0.05, 0.1) is 11.0 Å². The first-order chi connectivity index (χ1) is 13.8. The Morgan fingerprint density at radius 2 is 1.86 bits per heavy atom. The minimum Gasteiger partial charge on any atom is -0.324 e. The van der Waals surface area contributed by atoms with Crippen LogP contribution in [0, 0.1) is 13.8 Å². The van der Waals surface area contributed by atoms with Crippen molar-refractivity contribution in [3.63, 3.8) is 0 Å². The fraction of sp³-hybridized carbons (Fsp3) is 0.273. The predicted molar refractivity (Wildman–Crippen MR) is 114 cm³/mol. The van der Waals surface area contributed by atoms with E-state index in [1.165, 1.54) is 16.4 Å². The molecular formula is C22H24N4O3. The summed E-state index contributed by atoms with van der Waals surface area (Å²) in [6.07, 6.45) is 0. The van der Waals surface area contributed by atoms with Crippen LogP contribution in [0.25, 0.3) is 11.0 Å². The van der Waals surface area contributed by atoms with Gasteiger partial charge in [0, 0.05) is 19.2 Å². The van der Waals surface area contributed by atoms with Crippen LogP contribution in [0.3, 0.4) is 0 Å². The molecule has 0 saturated carbocycles. The van der Waals surface area contributed by atoms with Gasteiger partial charge < -0.3 is 5.32 Å². The summed E-state index contributed by atoms with van der Waals surface area (Å²) in [4.78, 5) is 43.5. The van der Waals surface area contributed by atoms with Crippen molar-refractivity contribution in [2.45, 2.75) is 34.2 Å². The molecule has 0 fully saturated rings. The molecule has 2 amide bonds. The van der Waals surface area contributed by atoms with Crippen LogP contribution in [0.15, 0.2) is 47.3 Å². The van der Waals surface area contributed by atoms with E-state index in [0.29, 0.717) is 23.3 Å². The number of nitrogens with one attached hydrogen (secondary N) is 1. The highest BCUT2D eigenvalue weighted by Gasteiger charge is 2.20. The number of benzene rings is 2. The summed E-state index contributed by atoms with van der Waals surface area (Å²) in [5, 5.41) is 2.88. The van der Waals surface area contributed by atoms with Crippen LogP contribution in [-0.4, -0.2) is 27.9 Å². The predicted octanol–water partition coefficient (Wildman–Crippen LogP) is 3.02. The van der Waals surface area contributed by atoms with Gasteiger partial charge >= 0.3 is 0 Å². The Kier molecular flexibility index (Phi) is 5.77. The summed E-state index contributed by atoms with van der Waals surface area (Å²) in [7, 11) is 0. The molecular weight excluding hydrogens is 368 g/mol. The molecule has 7 nitrogen and oxygen atoms in total. The quantitative estimate of drug-likeness (QED) is 0.723. The van der Waals surface area contributed by atoms with Crippen molar-refractivity contribution in [2.24, 2.45) is 0 Å². The number of para-hydroxylation sites is 2. The lowest BCUT2D eigenvalue weighted by Crippen LogP contribution is -2.38. The fourth-order valence-electron chi connectivity index (χ4n) is 3.24. The second kappa shape index (κ2) is 8.26. The molecule has 0 atom stereocenters. The number of anilines is 2. The van der Waals surface area contributed by atoms with E-state index >= 15 is 0 Å². The Labute approximate surface area is 169 Å². The van der Waals surface area contributed by atoms with E-state index in [1.807, 2.05) is 32.0 Å². The SMILES string of the molecule is CCN(C(C)=O)c1nc2ccccc2n(CC(=O)Nc2cc(C)ccc2C)c1=O. The Hall–Kier alpha value is -3.48. The van der Waals surface area contributed by atoms with E-state index < -0.39 is 5.56 Å². The molecule has 2 aromatic carbocycles. The molecule has 150 valence electrons.